The van der Waals surface area contributed by atoms with Gasteiger partial charge in [0.25, 0.3) is 0 Å². The molecule has 4 rings (SSSR count). The van der Waals surface area contributed by atoms with Crippen LogP contribution in [0.1, 0.15) is 34.5 Å². The van der Waals surface area contributed by atoms with Crippen LogP contribution >= 0.6 is 11.8 Å². The molecule has 0 bridgehead atoms. The van der Waals surface area contributed by atoms with Crippen molar-refractivity contribution in [1.82, 2.24) is 5.32 Å². The zero-order chi connectivity index (χ0) is 22.9. The monoisotopic (exact) mass is 455 g/mol. The fraction of sp³-hybridized carbons (Fsp3) is 0.125. The highest BCUT2D eigenvalue weighted by molar-refractivity contribution is 8.05. The molecule has 0 spiro atoms. The Morgan fingerprint density at radius 1 is 1.09 bits per heavy atom. The number of rotatable bonds is 5. The SMILES string of the molecule is C[C@@H](C(=O)NC1=C=CC(C(F)(F)F)=CS1)c1cccc(C(=O)c2cc3ccccc3o2)c1. The van der Waals surface area contributed by atoms with Gasteiger partial charge < -0.3 is 9.73 Å². The van der Waals surface area contributed by atoms with E-state index in [1.54, 1.807) is 43.3 Å². The molecule has 1 amide bonds. The van der Waals surface area contributed by atoms with Gasteiger partial charge in [-0.15, -0.1) is 0 Å². The van der Waals surface area contributed by atoms with Gasteiger partial charge in [0.2, 0.25) is 11.7 Å². The third-order valence-corrected chi connectivity index (χ3v) is 5.75. The third-order valence-electron chi connectivity index (χ3n) is 4.92. The van der Waals surface area contributed by atoms with E-state index in [1.165, 1.54) is 0 Å². The summed E-state index contributed by atoms with van der Waals surface area (Å²) in [5.41, 5.74) is 3.17. The molecule has 4 nitrogen and oxygen atoms in total. The summed E-state index contributed by atoms with van der Waals surface area (Å²) < 4.78 is 43.7. The number of halogens is 3. The lowest BCUT2D eigenvalue weighted by Gasteiger charge is -2.15. The molecule has 1 aliphatic rings. The van der Waals surface area contributed by atoms with Crippen LogP contribution in [0.4, 0.5) is 13.2 Å². The standard InChI is InChI=1S/C24H16F3NO3S/c1-14(23(30)28-21-10-9-18(13-32-21)24(25,26)27)15-6-4-7-17(11-15)22(29)20-12-16-5-2-3-8-19(16)31-20/h2-9,11-14H,1H3,(H,28,30)/t14-/m1/s1. The first kappa shape index (κ1) is 21.7. The lowest BCUT2D eigenvalue weighted by molar-refractivity contribution is -0.121. The second kappa shape index (κ2) is 8.57. The first-order valence-corrected chi connectivity index (χ1v) is 10.4. The number of amides is 1. The van der Waals surface area contributed by atoms with E-state index in [2.05, 4.69) is 11.0 Å². The number of hydrogen-bond donors (Lipinski definition) is 1. The molecule has 1 N–H and O–H groups in total. The fourth-order valence-corrected chi connectivity index (χ4v) is 3.84. The Labute approximate surface area is 185 Å². The normalized spacial score (nSPS) is 14.6. The predicted octanol–water partition coefficient (Wildman–Crippen LogP) is 6.07. The van der Waals surface area contributed by atoms with E-state index in [9.17, 15) is 22.8 Å². The fourth-order valence-electron chi connectivity index (χ4n) is 3.10. The van der Waals surface area contributed by atoms with Crippen LogP contribution in [0, 0.1) is 0 Å². The highest BCUT2D eigenvalue weighted by Crippen LogP contribution is 2.32. The third kappa shape index (κ3) is 4.56. The minimum absolute atomic E-state index is 0.171. The van der Waals surface area contributed by atoms with E-state index in [0.29, 0.717) is 16.7 Å². The maximum absolute atomic E-state index is 12.9. The number of alkyl halides is 3. The van der Waals surface area contributed by atoms with Crippen LogP contribution in [0.2, 0.25) is 0 Å². The minimum Gasteiger partial charge on any atom is -0.453 e. The van der Waals surface area contributed by atoms with E-state index in [1.807, 2.05) is 18.2 Å². The molecule has 0 aliphatic carbocycles. The van der Waals surface area contributed by atoms with Crippen molar-refractivity contribution in [2.45, 2.75) is 19.0 Å². The molecule has 0 saturated heterocycles. The maximum Gasteiger partial charge on any atom is 0.417 e. The molecule has 0 fully saturated rings. The average molecular weight is 455 g/mol. The first-order chi connectivity index (χ1) is 15.2. The van der Waals surface area contributed by atoms with Crippen LogP contribution in [0.5, 0.6) is 0 Å². The molecule has 1 aliphatic heterocycles. The van der Waals surface area contributed by atoms with Crippen molar-refractivity contribution >= 4 is 34.4 Å². The summed E-state index contributed by atoms with van der Waals surface area (Å²) in [4.78, 5) is 25.5. The molecule has 1 atom stereocenters. The summed E-state index contributed by atoms with van der Waals surface area (Å²) in [7, 11) is 0. The minimum atomic E-state index is -4.46. The van der Waals surface area contributed by atoms with Crippen molar-refractivity contribution in [2.75, 3.05) is 0 Å². The highest BCUT2D eigenvalue weighted by atomic mass is 32.2. The Bertz CT molecular complexity index is 1280. The summed E-state index contributed by atoms with van der Waals surface area (Å²) in [6, 6.07) is 15.6. The summed E-state index contributed by atoms with van der Waals surface area (Å²) in [6.45, 7) is 1.65. The quantitative estimate of drug-likeness (QED) is 0.375. The Kier molecular flexibility index (Phi) is 5.82. The molecule has 32 heavy (non-hydrogen) atoms. The molecule has 2 heterocycles. The molecule has 8 heteroatoms. The number of thioether (sulfide) groups is 1. The largest absolute Gasteiger partial charge is 0.453 e. The molecule has 0 unspecified atom stereocenters. The molecule has 3 aromatic rings. The lowest BCUT2D eigenvalue weighted by Crippen LogP contribution is -2.26. The van der Waals surface area contributed by atoms with Crippen molar-refractivity contribution in [1.29, 1.82) is 0 Å². The van der Waals surface area contributed by atoms with Crippen molar-refractivity contribution in [3.8, 4) is 0 Å². The van der Waals surface area contributed by atoms with Crippen molar-refractivity contribution in [3.05, 3.63) is 99.3 Å². The molecule has 0 saturated carbocycles. The number of hydrogen-bond acceptors (Lipinski definition) is 4. The Morgan fingerprint density at radius 2 is 1.88 bits per heavy atom. The van der Waals surface area contributed by atoms with E-state index < -0.39 is 23.6 Å². The zero-order valence-electron chi connectivity index (χ0n) is 16.7. The van der Waals surface area contributed by atoms with Crippen LogP contribution in [-0.4, -0.2) is 17.9 Å². The van der Waals surface area contributed by atoms with E-state index >= 15 is 0 Å². The molecule has 1 aromatic heterocycles. The number of nitrogens with one attached hydrogen (secondary N) is 1. The summed E-state index contributed by atoms with van der Waals surface area (Å²) >= 11 is 0.740. The van der Waals surface area contributed by atoms with Crippen LogP contribution in [-0.2, 0) is 4.79 Å². The van der Waals surface area contributed by atoms with Crippen LogP contribution in [0.3, 0.4) is 0 Å². The van der Waals surface area contributed by atoms with Crippen LogP contribution in [0.25, 0.3) is 11.0 Å². The van der Waals surface area contributed by atoms with Gasteiger partial charge in [-0.05, 0) is 42.2 Å². The molecule has 162 valence electrons. The topological polar surface area (TPSA) is 59.3 Å². The smallest absolute Gasteiger partial charge is 0.417 e. The summed E-state index contributed by atoms with van der Waals surface area (Å²) in [5, 5.41) is 4.47. The molecular weight excluding hydrogens is 439 g/mol. The van der Waals surface area contributed by atoms with Crippen LogP contribution in [0.15, 0.2) is 86.8 Å². The predicted molar refractivity (Wildman–Crippen MR) is 116 cm³/mol. The van der Waals surface area contributed by atoms with Gasteiger partial charge in [-0.2, -0.15) is 13.2 Å². The molecular formula is C24H16F3NO3S. The number of furan rings is 1. The summed E-state index contributed by atoms with van der Waals surface area (Å²) in [6.07, 6.45) is -3.67. The number of allylic oxidation sites excluding steroid dienone is 2. The van der Waals surface area contributed by atoms with Crippen molar-refractivity contribution in [3.63, 3.8) is 0 Å². The summed E-state index contributed by atoms with van der Waals surface area (Å²) in [5.74, 6) is -1.19. The van der Waals surface area contributed by atoms with Gasteiger partial charge in [-0.25, -0.2) is 0 Å². The highest BCUT2D eigenvalue weighted by Gasteiger charge is 2.33. The zero-order valence-corrected chi connectivity index (χ0v) is 17.5. The van der Waals surface area contributed by atoms with Gasteiger partial charge in [-0.1, -0.05) is 53.9 Å². The van der Waals surface area contributed by atoms with Gasteiger partial charge in [0.1, 0.15) is 10.6 Å². The van der Waals surface area contributed by atoms with E-state index in [0.717, 1.165) is 28.6 Å². The second-order valence-corrected chi connectivity index (χ2v) is 8.00. The average Bonchev–Trinajstić information content (AvgIpc) is 3.22. The van der Waals surface area contributed by atoms with Gasteiger partial charge in [-0.3, -0.25) is 9.59 Å². The molecule has 2 aromatic carbocycles. The van der Waals surface area contributed by atoms with Crippen LogP contribution < -0.4 is 5.32 Å². The van der Waals surface area contributed by atoms with E-state index in [-0.39, 0.29) is 16.6 Å². The van der Waals surface area contributed by atoms with Gasteiger partial charge in [0.15, 0.2) is 5.76 Å². The first-order valence-electron chi connectivity index (χ1n) is 9.57. The Hall–Kier alpha value is -3.48. The lowest BCUT2D eigenvalue weighted by atomic mass is 9.96. The second-order valence-electron chi connectivity index (χ2n) is 7.12. The van der Waals surface area contributed by atoms with Gasteiger partial charge in [0.05, 0.1) is 11.5 Å². The number of carbonyl (C=O) groups is 2. The number of para-hydroxylation sites is 1. The Morgan fingerprint density at radius 3 is 2.56 bits per heavy atom. The number of benzene rings is 2. The number of carbonyl (C=O) groups excluding carboxylic acids is 2. The van der Waals surface area contributed by atoms with E-state index in [4.69, 9.17) is 4.42 Å². The number of ketones is 1. The van der Waals surface area contributed by atoms with Crippen molar-refractivity contribution < 1.29 is 27.2 Å². The Balaban J connectivity index is 1.50. The van der Waals surface area contributed by atoms with Gasteiger partial charge in [0, 0.05) is 10.9 Å². The van der Waals surface area contributed by atoms with Crippen molar-refractivity contribution in [2.24, 2.45) is 0 Å². The maximum atomic E-state index is 12.9. The number of fused-ring (bicyclic) bond motifs is 1. The van der Waals surface area contributed by atoms with Gasteiger partial charge >= 0.3 is 6.18 Å². The molecule has 0 radical (unpaired) electrons.